The van der Waals surface area contributed by atoms with Crippen LogP contribution in [0.2, 0.25) is 0 Å². The number of anilines is 2. The number of aryl methyl sites for hydroxylation is 4. The number of fused-ring (bicyclic) bond motifs is 2. The fourth-order valence-electron chi connectivity index (χ4n) is 13.9. The predicted molar refractivity (Wildman–Crippen MR) is 406 cm³/mol. The molecule has 2 unspecified atom stereocenters. The first-order valence-corrected chi connectivity index (χ1v) is 38.7. The smallest absolute Gasteiger partial charge is 0.456 e. The fourth-order valence-corrected chi connectivity index (χ4v) is 17.2. The van der Waals surface area contributed by atoms with Gasteiger partial charge in [0.05, 0.1) is 35.5 Å². The highest BCUT2D eigenvalue weighted by Gasteiger charge is 2.48. The number of carbonyl (C=O) groups is 6. The van der Waals surface area contributed by atoms with Crippen LogP contribution in [0.15, 0.2) is 158 Å². The Hall–Kier alpha value is -10.9. The summed E-state index contributed by atoms with van der Waals surface area (Å²) in [6, 6.07) is 39.1. The number of rotatable bonds is 31. The van der Waals surface area contributed by atoms with Crippen molar-refractivity contribution in [1.29, 1.82) is 0 Å². The molecule has 2 N–H and O–H groups in total. The second-order valence-electron chi connectivity index (χ2n) is 25.9. The molecule has 24 nitrogen and oxygen atoms in total. The van der Waals surface area contributed by atoms with Crippen LogP contribution in [0.5, 0.6) is 46.0 Å². The maximum absolute atomic E-state index is 16.5. The minimum atomic E-state index is -3.21. The van der Waals surface area contributed by atoms with Gasteiger partial charge < -0.3 is 65.6 Å². The molecule has 9 aromatic carbocycles. The standard InChI is InChI=1S/C81H80N6O18Si2/c1-13-35-101-43-57(77(89)85-67-37-51(32-34-83-67)45-107(97-10,98-11)99-12)87-80(92)54-40-64(104-60-29-21-17-25-48(60)5)72-70-62(102-58-27-19-15-23-46(58)3)38-52-68-53(79(91)86(78(52)90)56(42-100-14-2)76(88)84-66-36-50(31-33-82-66)44-106(94-7,95-8)96-9)39-63(103-59-28-20-16-24-47(59)4)71(74(68)70)73-65(105-61-30-22-18-26-49(61)6)41-55(81(87)93)69(54)75(72)73/h15-34,36-41,56-57H,13-14,35,42-45H2,1-12H3,(H,82,84,88)(H,83,85,89). The number of carbonyl (C=O) groups excluding carboxylic acids is 6. The highest BCUT2D eigenvalue weighted by molar-refractivity contribution is 6.60. The predicted octanol–water partition coefficient (Wildman–Crippen LogP) is 14.5. The summed E-state index contributed by atoms with van der Waals surface area (Å²) < 4.78 is 75.6. The summed E-state index contributed by atoms with van der Waals surface area (Å²) >= 11 is 0. The van der Waals surface area contributed by atoms with E-state index in [0.29, 0.717) is 62.8 Å². The average Bonchev–Trinajstić information content (AvgIpc) is 0.670. The Morgan fingerprint density at radius 1 is 0.393 bits per heavy atom. The van der Waals surface area contributed by atoms with Crippen LogP contribution in [0, 0.1) is 27.7 Å². The van der Waals surface area contributed by atoms with E-state index in [1.165, 1.54) is 67.2 Å². The van der Waals surface area contributed by atoms with Crippen LogP contribution in [-0.2, 0) is 57.7 Å². The number of ether oxygens (including phenoxy) is 6. The lowest BCUT2D eigenvalue weighted by molar-refractivity contribution is -0.122. The van der Waals surface area contributed by atoms with Crippen molar-refractivity contribution in [2.45, 2.75) is 72.1 Å². The number of pyridine rings is 2. The summed E-state index contributed by atoms with van der Waals surface area (Å²) in [6.07, 6.45) is 3.53. The van der Waals surface area contributed by atoms with Crippen LogP contribution >= 0.6 is 0 Å². The van der Waals surface area contributed by atoms with E-state index in [0.717, 1.165) is 9.80 Å². The third kappa shape index (κ3) is 14.1. The van der Waals surface area contributed by atoms with Crippen LogP contribution in [0.3, 0.4) is 0 Å². The van der Waals surface area contributed by atoms with Crippen LogP contribution in [0.1, 0.15) is 95.1 Å². The van der Waals surface area contributed by atoms with Crippen molar-refractivity contribution in [2.75, 3.05) is 79.7 Å². The largest absolute Gasteiger partial charge is 0.504 e. The molecule has 2 aromatic heterocycles. The maximum Gasteiger partial charge on any atom is 0.504 e. The lowest BCUT2D eigenvalue weighted by Crippen LogP contribution is -2.54. The summed E-state index contributed by atoms with van der Waals surface area (Å²) in [6.45, 7) is 10.4. The SMILES string of the molecule is CCCOCC(C(=O)Nc1cc(C[Si](OC)(OC)OC)ccn1)N1C(=O)c2cc(Oc3ccccc3C)c3c4c(Oc5ccccc5C)cc5c6c(cc(Oc7ccccc7C)c(c7c(Oc8ccccc8C)cc(c2c37)C1=O)c64)C(=O)N(C(COCC)C(=O)Nc1cc(C[Si](OC)(OC)OC)ccn1)C5=O. The molecule has 0 saturated heterocycles. The second kappa shape index (κ2) is 31.3. The van der Waals surface area contributed by atoms with Gasteiger partial charge in [0, 0.05) is 123 Å². The Labute approximate surface area is 619 Å². The van der Waals surface area contributed by atoms with Gasteiger partial charge in [-0.05, 0) is 147 Å². The lowest BCUT2D eigenvalue weighted by atomic mass is 9.80. The Morgan fingerprint density at radius 3 is 0.972 bits per heavy atom. The highest BCUT2D eigenvalue weighted by atomic mass is 28.4. The molecule has 0 aliphatic carbocycles. The van der Waals surface area contributed by atoms with Crippen molar-refractivity contribution < 1.29 is 83.7 Å². The van der Waals surface area contributed by atoms with Crippen molar-refractivity contribution in [2.24, 2.45) is 0 Å². The molecular formula is C81H80N6O18Si2. The Morgan fingerprint density at radius 2 is 0.692 bits per heavy atom. The van der Waals surface area contributed by atoms with E-state index in [4.69, 9.17) is 55.0 Å². The molecule has 26 heteroatoms. The van der Waals surface area contributed by atoms with E-state index in [1.807, 2.05) is 83.1 Å². The number of nitrogens with zero attached hydrogens (tertiary/aromatic N) is 4. The molecule has 2 atom stereocenters. The van der Waals surface area contributed by atoms with Gasteiger partial charge in [0.15, 0.2) is 0 Å². The molecule has 2 aliphatic rings. The molecule has 0 spiro atoms. The van der Waals surface area contributed by atoms with E-state index < -0.39 is 78.3 Å². The van der Waals surface area contributed by atoms with E-state index in [2.05, 4.69) is 20.6 Å². The normalized spacial score (nSPS) is 13.6. The monoisotopic (exact) mass is 1480 g/mol. The molecule has 0 bridgehead atoms. The third-order valence-electron chi connectivity index (χ3n) is 19.4. The van der Waals surface area contributed by atoms with Crippen LogP contribution in [-0.4, -0.2) is 154 Å². The van der Waals surface area contributed by atoms with E-state index in [-0.39, 0.29) is 125 Å². The Kier molecular flexibility index (Phi) is 21.7. The fraction of sp³-hybridized carbons (Fsp3) is 0.259. The number of benzene rings is 9. The number of hydrogen-bond donors (Lipinski definition) is 2. The molecule has 550 valence electrons. The van der Waals surface area contributed by atoms with Gasteiger partial charge >= 0.3 is 17.6 Å². The molecule has 13 rings (SSSR count). The topological polar surface area (TPSA) is 269 Å². The van der Waals surface area contributed by atoms with Gasteiger partial charge in [0.1, 0.15) is 69.7 Å². The summed E-state index contributed by atoms with van der Waals surface area (Å²) in [5, 5.41) is 7.45. The van der Waals surface area contributed by atoms with E-state index in [9.17, 15) is 0 Å². The molecule has 6 amide bonds. The zero-order valence-corrected chi connectivity index (χ0v) is 63.3. The van der Waals surface area contributed by atoms with Gasteiger partial charge in [-0.1, -0.05) is 79.7 Å². The van der Waals surface area contributed by atoms with Crippen LogP contribution < -0.4 is 29.6 Å². The van der Waals surface area contributed by atoms with Gasteiger partial charge in [0.25, 0.3) is 35.4 Å². The lowest BCUT2D eigenvalue weighted by Gasteiger charge is -2.35. The van der Waals surface area contributed by atoms with Crippen molar-refractivity contribution in [3.8, 4) is 46.0 Å². The van der Waals surface area contributed by atoms with Gasteiger partial charge in [-0.25, -0.2) is 9.97 Å². The number of nitrogens with one attached hydrogen (secondary N) is 2. The van der Waals surface area contributed by atoms with Gasteiger partial charge in [-0.3, -0.25) is 38.6 Å². The Balaban J connectivity index is 1.11. The number of imide groups is 2. The minimum absolute atomic E-state index is 0.0407. The van der Waals surface area contributed by atoms with Crippen molar-refractivity contribution in [1.82, 2.24) is 19.8 Å². The van der Waals surface area contributed by atoms with E-state index in [1.54, 1.807) is 91.9 Å². The minimum Gasteiger partial charge on any atom is -0.456 e. The highest BCUT2D eigenvalue weighted by Crippen LogP contribution is 2.58. The second-order valence-corrected chi connectivity index (χ2v) is 31.8. The number of aromatic nitrogens is 2. The molecule has 11 aromatic rings. The zero-order valence-electron chi connectivity index (χ0n) is 61.3. The molecule has 107 heavy (non-hydrogen) atoms. The van der Waals surface area contributed by atoms with Gasteiger partial charge in [-0.15, -0.1) is 0 Å². The summed E-state index contributed by atoms with van der Waals surface area (Å²) in [5.74, 6) is -3.39. The number of para-hydroxylation sites is 4. The van der Waals surface area contributed by atoms with Crippen LogP contribution in [0.25, 0.3) is 43.1 Å². The van der Waals surface area contributed by atoms with Crippen molar-refractivity contribution in [3.63, 3.8) is 0 Å². The Bertz CT molecular complexity index is 5080. The van der Waals surface area contributed by atoms with E-state index >= 15 is 28.8 Å². The molecule has 0 saturated carbocycles. The molecule has 2 aliphatic heterocycles. The summed E-state index contributed by atoms with van der Waals surface area (Å²) in [7, 11) is 2.55. The van der Waals surface area contributed by atoms with Gasteiger partial charge in [0.2, 0.25) is 0 Å². The molecule has 0 radical (unpaired) electrons. The average molecular weight is 1480 g/mol. The van der Waals surface area contributed by atoms with Crippen LogP contribution in [0.4, 0.5) is 11.6 Å². The molecular weight excluding hydrogens is 1400 g/mol. The number of amides is 6. The van der Waals surface area contributed by atoms with Gasteiger partial charge in [-0.2, -0.15) is 0 Å². The first-order valence-electron chi connectivity index (χ1n) is 34.8. The summed E-state index contributed by atoms with van der Waals surface area (Å²) in [4.78, 5) is 107. The third-order valence-corrected chi connectivity index (χ3v) is 24.8. The first kappa shape index (κ1) is 74.4. The maximum atomic E-state index is 16.5. The van der Waals surface area contributed by atoms with Crippen molar-refractivity contribution in [3.05, 3.63) is 214 Å². The quantitative estimate of drug-likeness (QED) is 0.0134. The molecule has 4 heterocycles. The van der Waals surface area contributed by atoms with Crippen molar-refractivity contribution >= 4 is 108 Å². The first-order chi connectivity index (χ1) is 51.8. The summed E-state index contributed by atoms with van der Waals surface area (Å²) in [5.41, 5.74) is 3.80. The number of hydrogen-bond acceptors (Lipinski definition) is 20. The molecule has 0 fully saturated rings. The zero-order chi connectivity index (χ0) is 75.6.